The molecule has 1 unspecified atom stereocenters. The summed E-state index contributed by atoms with van der Waals surface area (Å²) in [7, 11) is 4.00. The monoisotopic (exact) mass is 218 g/mol. The lowest BCUT2D eigenvalue weighted by molar-refractivity contribution is 0.481. The van der Waals surface area contributed by atoms with E-state index in [1.54, 1.807) is 6.07 Å². The van der Waals surface area contributed by atoms with Crippen molar-refractivity contribution in [3.8, 4) is 5.75 Å². The smallest absolute Gasteiger partial charge is 0.124 e. The Bertz CT molecular complexity index is 502. The number of hydrogen-bond acceptors (Lipinski definition) is 2. The number of hydrogen-bond donors (Lipinski definition) is 2. The number of fused-ring (bicyclic) bond motifs is 1. The van der Waals surface area contributed by atoms with E-state index in [-0.39, 0.29) is 0 Å². The van der Waals surface area contributed by atoms with Gasteiger partial charge in [0.1, 0.15) is 5.75 Å². The van der Waals surface area contributed by atoms with Gasteiger partial charge in [-0.1, -0.05) is 6.07 Å². The number of aryl methyl sites for hydroxylation is 1. The van der Waals surface area contributed by atoms with Crippen molar-refractivity contribution in [3.05, 3.63) is 30.0 Å². The van der Waals surface area contributed by atoms with E-state index in [4.69, 9.17) is 0 Å². The van der Waals surface area contributed by atoms with Crippen LogP contribution in [-0.4, -0.2) is 22.8 Å². The third-order valence-corrected chi connectivity index (χ3v) is 3.17. The average Bonchev–Trinajstić information content (AvgIpc) is 2.58. The number of aromatic nitrogens is 1. The fourth-order valence-corrected chi connectivity index (χ4v) is 2.01. The first-order valence-electron chi connectivity index (χ1n) is 5.57. The molecule has 0 aliphatic rings. The van der Waals surface area contributed by atoms with E-state index in [1.807, 2.05) is 26.2 Å². The van der Waals surface area contributed by atoms with Crippen molar-refractivity contribution >= 4 is 10.9 Å². The molecule has 0 saturated carbocycles. The first-order valence-corrected chi connectivity index (χ1v) is 5.57. The molecule has 0 aliphatic heterocycles. The summed E-state index contributed by atoms with van der Waals surface area (Å²) in [5.74, 6) is 0.358. The number of aromatic hydroxyl groups is 1. The van der Waals surface area contributed by atoms with E-state index < -0.39 is 0 Å². The predicted molar refractivity (Wildman–Crippen MR) is 66.8 cm³/mol. The van der Waals surface area contributed by atoms with Crippen LogP contribution < -0.4 is 5.32 Å². The molecule has 3 nitrogen and oxygen atoms in total. The Morgan fingerprint density at radius 2 is 2.19 bits per heavy atom. The molecule has 1 atom stereocenters. The third-order valence-electron chi connectivity index (χ3n) is 3.17. The Balaban J connectivity index is 2.48. The van der Waals surface area contributed by atoms with Crippen LogP contribution in [0.4, 0.5) is 0 Å². The van der Waals surface area contributed by atoms with Crippen molar-refractivity contribution in [1.29, 1.82) is 0 Å². The van der Waals surface area contributed by atoms with E-state index >= 15 is 0 Å². The fourth-order valence-electron chi connectivity index (χ4n) is 2.01. The summed E-state index contributed by atoms with van der Waals surface area (Å²) in [5.41, 5.74) is 2.32. The van der Waals surface area contributed by atoms with E-state index in [0.29, 0.717) is 11.8 Å². The number of rotatable bonds is 3. The van der Waals surface area contributed by atoms with Gasteiger partial charge in [0, 0.05) is 30.6 Å². The molecule has 0 amide bonds. The van der Waals surface area contributed by atoms with E-state index in [0.717, 1.165) is 17.3 Å². The average molecular weight is 218 g/mol. The summed E-state index contributed by atoms with van der Waals surface area (Å²) >= 11 is 0. The van der Waals surface area contributed by atoms with Crippen molar-refractivity contribution in [2.24, 2.45) is 7.05 Å². The van der Waals surface area contributed by atoms with Crippen molar-refractivity contribution in [1.82, 2.24) is 9.88 Å². The topological polar surface area (TPSA) is 37.2 Å². The lowest BCUT2D eigenvalue weighted by Crippen LogP contribution is -2.24. The minimum atomic E-state index is 0.358. The molecule has 16 heavy (non-hydrogen) atoms. The Hall–Kier alpha value is -1.48. The number of phenolic OH excluding ortho intramolecular Hbond substituents is 1. The predicted octanol–water partition coefficient (Wildman–Crippen LogP) is 2.03. The van der Waals surface area contributed by atoms with E-state index in [9.17, 15) is 5.11 Å². The minimum Gasteiger partial charge on any atom is -0.507 e. The van der Waals surface area contributed by atoms with E-state index in [2.05, 4.69) is 22.9 Å². The molecule has 1 heterocycles. The Labute approximate surface area is 95.7 Å². The van der Waals surface area contributed by atoms with Crippen molar-refractivity contribution < 1.29 is 5.11 Å². The van der Waals surface area contributed by atoms with Crippen LogP contribution in [0.2, 0.25) is 0 Å². The molecule has 2 N–H and O–H groups in total. The van der Waals surface area contributed by atoms with Crippen LogP contribution in [0.15, 0.2) is 24.3 Å². The second-order valence-corrected chi connectivity index (χ2v) is 4.30. The summed E-state index contributed by atoms with van der Waals surface area (Å²) < 4.78 is 2.14. The molecule has 0 saturated heterocycles. The van der Waals surface area contributed by atoms with Gasteiger partial charge < -0.3 is 15.0 Å². The Morgan fingerprint density at radius 3 is 2.81 bits per heavy atom. The van der Waals surface area contributed by atoms with Gasteiger partial charge in [-0.15, -0.1) is 0 Å². The standard InChI is InChI=1S/C13H18N2O/c1-9(14-2)7-10-8-11-12(15(10)3)5-4-6-13(11)16/h4-6,8-9,14,16H,7H2,1-3H3. The molecule has 1 aromatic heterocycles. The zero-order chi connectivity index (χ0) is 11.7. The first-order chi connectivity index (χ1) is 7.63. The van der Waals surface area contributed by atoms with Gasteiger partial charge in [-0.25, -0.2) is 0 Å². The van der Waals surface area contributed by atoms with Gasteiger partial charge in [0.05, 0.1) is 5.52 Å². The first kappa shape index (κ1) is 11.0. The largest absolute Gasteiger partial charge is 0.507 e. The highest BCUT2D eigenvalue weighted by Crippen LogP contribution is 2.27. The van der Waals surface area contributed by atoms with Crippen LogP contribution in [0, 0.1) is 0 Å². The second-order valence-electron chi connectivity index (χ2n) is 4.30. The maximum absolute atomic E-state index is 9.77. The van der Waals surface area contributed by atoms with Crippen LogP contribution in [0.25, 0.3) is 10.9 Å². The van der Waals surface area contributed by atoms with Crippen LogP contribution in [0.3, 0.4) is 0 Å². The molecule has 0 radical (unpaired) electrons. The van der Waals surface area contributed by atoms with E-state index in [1.165, 1.54) is 5.69 Å². The quantitative estimate of drug-likeness (QED) is 0.827. The molecule has 3 heteroatoms. The lowest BCUT2D eigenvalue weighted by Gasteiger charge is -2.10. The minimum absolute atomic E-state index is 0.358. The fraction of sp³-hybridized carbons (Fsp3) is 0.385. The number of phenols is 1. The normalized spacial score (nSPS) is 13.2. The zero-order valence-corrected chi connectivity index (χ0v) is 9.99. The SMILES string of the molecule is CNC(C)Cc1cc2c(O)cccc2n1C. The molecule has 0 aliphatic carbocycles. The van der Waals surface area contributed by atoms with Gasteiger partial charge in [-0.2, -0.15) is 0 Å². The lowest BCUT2D eigenvalue weighted by atomic mass is 10.1. The molecular weight excluding hydrogens is 200 g/mol. The Kier molecular flexibility index (Phi) is 2.88. The number of likely N-dealkylation sites (N-methyl/N-ethyl adjacent to an activating group) is 1. The summed E-state index contributed by atoms with van der Waals surface area (Å²) in [4.78, 5) is 0. The van der Waals surface area contributed by atoms with Crippen molar-refractivity contribution in [2.45, 2.75) is 19.4 Å². The highest BCUT2D eigenvalue weighted by molar-refractivity contribution is 5.87. The highest BCUT2D eigenvalue weighted by Gasteiger charge is 2.10. The molecular formula is C13H18N2O. The third kappa shape index (κ3) is 1.78. The van der Waals surface area contributed by atoms with Gasteiger partial charge in [0.15, 0.2) is 0 Å². The molecule has 86 valence electrons. The summed E-state index contributed by atoms with van der Waals surface area (Å²) in [5, 5.41) is 13.9. The van der Waals surface area contributed by atoms with Gasteiger partial charge in [-0.05, 0) is 32.2 Å². The van der Waals surface area contributed by atoms with Crippen molar-refractivity contribution in [3.63, 3.8) is 0 Å². The molecule has 0 spiro atoms. The van der Waals surface area contributed by atoms with Crippen LogP contribution in [0.5, 0.6) is 5.75 Å². The number of nitrogens with zero attached hydrogens (tertiary/aromatic N) is 1. The Morgan fingerprint density at radius 1 is 1.44 bits per heavy atom. The molecule has 0 fully saturated rings. The summed E-state index contributed by atoms with van der Waals surface area (Å²) in [6, 6.07) is 8.14. The molecule has 0 bridgehead atoms. The number of nitrogens with one attached hydrogen (secondary N) is 1. The van der Waals surface area contributed by atoms with Crippen LogP contribution in [-0.2, 0) is 13.5 Å². The summed E-state index contributed by atoms with van der Waals surface area (Å²) in [6.45, 7) is 2.15. The number of benzene rings is 1. The molecule has 2 rings (SSSR count). The van der Waals surface area contributed by atoms with Gasteiger partial charge >= 0.3 is 0 Å². The molecule has 2 aromatic rings. The van der Waals surface area contributed by atoms with Gasteiger partial charge in [0.2, 0.25) is 0 Å². The van der Waals surface area contributed by atoms with Crippen LogP contribution in [0.1, 0.15) is 12.6 Å². The maximum atomic E-state index is 9.77. The highest BCUT2D eigenvalue weighted by atomic mass is 16.3. The van der Waals surface area contributed by atoms with Crippen LogP contribution >= 0.6 is 0 Å². The van der Waals surface area contributed by atoms with Gasteiger partial charge in [0.25, 0.3) is 0 Å². The summed E-state index contributed by atoms with van der Waals surface area (Å²) in [6.07, 6.45) is 0.959. The maximum Gasteiger partial charge on any atom is 0.124 e. The van der Waals surface area contributed by atoms with Crippen molar-refractivity contribution in [2.75, 3.05) is 7.05 Å². The second kappa shape index (κ2) is 4.18. The molecule has 1 aromatic carbocycles. The zero-order valence-electron chi connectivity index (χ0n) is 9.99. The van der Waals surface area contributed by atoms with Gasteiger partial charge in [-0.3, -0.25) is 0 Å².